The number of amides is 1. The van der Waals surface area contributed by atoms with E-state index in [1.807, 2.05) is 39.0 Å². The number of methoxy groups -OCH3 is 1. The number of ether oxygens (including phenoxy) is 2. The lowest BCUT2D eigenvalue weighted by atomic mass is 9.88. The molecule has 40 heavy (non-hydrogen) atoms. The number of carbonyl (C=O) groups excluding carboxylic acids is 1. The molecule has 1 aliphatic rings. The molecule has 0 spiro atoms. The van der Waals surface area contributed by atoms with Crippen molar-refractivity contribution in [1.82, 2.24) is 5.32 Å². The summed E-state index contributed by atoms with van der Waals surface area (Å²) in [6.07, 6.45) is 0.846. The predicted molar refractivity (Wildman–Crippen MR) is 150 cm³/mol. The first kappa shape index (κ1) is 28.3. The zero-order valence-corrected chi connectivity index (χ0v) is 22.9. The number of aromatic hydroxyl groups is 1. The summed E-state index contributed by atoms with van der Waals surface area (Å²) in [5.74, 6) is -0.458. The van der Waals surface area contributed by atoms with Crippen molar-refractivity contribution in [3.8, 4) is 45.9 Å². The Morgan fingerprint density at radius 1 is 1.05 bits per heavy atom. The number of nitrogens with one attached hydrogen (secondary N) is 1. The van der Waals surface area contributed by atoms with Crippen LogP contribution in [0.15, 0.2) is 48.5 Å². The van der Waals surface area contributed by atoms with Gasteiger partial charge in [-0.2, -0.15) is 10.5 Å². The molecule has 1 amide bonds. The maximum absolute atomic E-state index is 14.8. The minimum atomic E-state index is -0.688. The van der Waals surface area contributed by atoms with E-state index < -0.39 is 17.5 Å². The minimum absolute atomic E-state index is 0.0646. The van der Waals surface area contributed by atoms with Crippen LogP contribution in [0.25, 0.3) is 22.3 Å². The van der Waals surface area contributed by atoms with Crippen molar-refractivity contribution in [3.63, 3.8) is 0 Å². The molecule has 3 aromatic rings. The van der Waals surface area contributed by atoms with Crippen molar-refractivity contribution in [3.05, 3.63) is 65.5 Å². The summed E-state index contributed by atoms with van der Waals surface area (Å²) in [6, 6.07) is 16.9. The molecule has 1 fully saturated rings. The van der Waals surface area contributed by atoms with Crippen molar-refractivity contribution in [2.75, 3.05) is 25.1 Å². The lowest BCUT2D eigenvalue weighted by Gasteiger charge is -2.35. The van der Waals surface area contributed by atoms with E-state index in [1.165, 1.54) is 25.3 Å². The number of phenolic OH excluding ortho intramolecular Hbond substituents is 1. The Balaban J connectivity index is 1.73. The molecule has 2 N–H and O–H groups in total. The number of nitriles is 2. The molecule has 0 atom stereocenters. The largest absolute Gasteiger partial charge is 0.504 e. The molecule has 4 rings (SSSR count). The van der Waals surface area contributed by atoms with Gasteiger partial charge in [0.15, 0.2) is 11.5 Å². The fourth-order valence-corrected chi connectivity index (χ4v) is 4.87. The summed E-state index contributed by atoms with van der Waals surface area (Å²) < 4.78 is 25.3. The van der Waals surface area contributed by atoms with Gasteiger partial charge < -0.3 is 24.8 Å². The minimum Gasteiger partial charge on any atom is -0.504 e. The fraction of sp³-hybridized carbons (Fsp3) is 0.323. The van der Waals surface area contributed by atoms with Gasteiger partial charge in [0, 0.05) is 24.7 Å². The third-order valence-electron chi connectivity index (χ3n) is 6.72. The SMILES string of the molecule is COc1ccc(-c2ccc(N3CCC(NC(=O)OC(C)(C)C)CC3)c(C#N)c2-c2ccc(C#N)c(F)c2)cc1O. The van der Waals surface area contributed by atoms with Gasteiger partial charge in [0.05, 0.1) is 23.9 Å². The number of halogens is 1. The highest BCUT2D eigenvalue weighted by atomic mass is 19.1. The van der Waals surface area contributed by atoms with Crippen LogP contribution in [0.3, 0.4) is 0 Å². The van der Waals surface area contributed by atoms with Crippen LogP contribution in [0.1, 0.15) is 44.7 Å². The summed E-state index contributed by atoms with van der Waals surface area (Å²) in [7, 11) is 1.45. The quantitative estimate of drug-likeness (QED) is 0.399. The second kappa shape index (κ2) is 11.5. The van der Waals surface area contributed by atoms with Gasteiger partial charge in [-0.1, -0.05) is 18.2 Å². The van der Waals surface area contributed by atoms with E-state index in [0.29, 0.717) is 65.2 Å². The number of rotatable bonds is 5. The standard InChI is InChI=1S/C31H31FN4O4/c1-31(2,3)40-30(38)35-22-11-13-36(14-12-22)26-9-8-23(19-7-10-28(39-4)27(37)16-19)29(24(26)18-34)20-5-6-21(17-33)25(32)15-20/h5-10,15-16,22,37H,11-14H2,1-4H3,(H,35,38). The van der Waals surface area contributed by atoms with Gasteiger partial charge in [-0.25, -0.2) is 9.18 Å². The molecule has 1 saturated heterocycles. The number of nitrogens with zero attached hydrogens (tertiary/aromatic N) is 3. The Morgan fingerprint density at radius 2 is 1.75 bits per heavy atom. The Labute approximate surface area is 233 Å². The van der Waals surface area contributed by atoms with Crippen molar-refractivity contribution < 1.29 is 23.8 Å². The molecule has 1 heterocycles. The maximum atomic E-state index is 14.8. The first-order chi connectivity index (χ1) is 19.0. The van der Waals surface area contributed by atoms with Crippen LogP contribution in [0.2, 0.25) is 0 Å². The Kier molecular flexibility index (Phi) is 8.16. The molecule has 9 heteroatoms. The van der Waals surface area contributed by atoms with Crippen LogP contribution in [0.5, 0.6) is 11.5 Å². The zero-order valence-electron chi connectivity index (χ0n) is 22.9. The maximum Gasteiger partial charge on any atom is 0.407 e. The fourth-order valence-electron chi connectivity index (χ4n) is 4.87. The molecular weight excluding hydrogens is 511 g/mol. The van der Waals surface area contributed by atoms with E-state index in [2.05, 4.69) is 16.3 Å². The first-order valence-corrected chi connectivity index (χ1v) is 12.9. The molecule has 206 valence electrons. The number of carbonyl (C=O) groups is 1. The van der Waals surface area contributed by atoms with Gasteiger partial charge in [-0.05, 0) is 80.6 Å². The zero-order chi connectivity index (χ0) is 29.0. The van der Waals surface area contributed by atoms with Gasteiger partial charge in [-0.3, -0.25) is 0 Å². The van der Waals surface area contributed by atoms with Crippen LogP contribution >= 0.6 is 0 Å². The Hall–Kier alpha value is -4.76. The Bertz CT molecular complexity index is 1510. The van der Waals surface area contributed by atoms with E-state index >= 15 is 0 Å². The summed E-state index contributed by atoms with van der Waals surface area (Å²) in [4.78, 5) is 14.3. The average molecular weight is 543 g/mol. The number of piperidine rings is 1. The third-order valence-corrected chi connectivity index (χ3v) is 6.72. The number of anilines is 1. The summed E-state index contributed by atoms with van der Waals surface area (Å²) in [6.45, 7) is 6.60. The van der Waals surface area contributed by atoms with E-state index in [1.54, 1.807) is 18.2 Å². The van der Waals surface area contributed by atoms with Crippen molar-refractivity contribution in [2.45, 2.75) is 45.3 Å². The molecule has 8 nitrogen and oxygen atoms in total. The van der Waals surface area contributed by atoms with E-state index in [0.717, 1.165) is 0 Å². The highest BCUT2D eigenvalue weighted by molar-refractivity contribution is 5.92. The molecule has 0 unspecified atom stereocenters. The summed E-state index contributed by atoms with van der Waals surface area (Å²) in [5.41, 5.74) is 2.49. The number of hydrogen-bond donors (Lipinski definition) is 2. The van der Waals surface area contributed by atoms with Crippen LogP contribution in [-0.4, -0.2) is 43.0 Å². The van der Waals surface area contributed by atoms with Crippen molar-refractivity contribution in [1.29, 1.82) is 10.5 Å². The van der Waals surface area contributed by atoms with Gasteiger partial charge in [0.1, 0.15) is 23.6 Å². The molecule has 3 aromatic carbocycles. The third kappa shape index (κ3) is 6.10. The van der Waals surface area contributed by atoms with Gasteiger partial charge in [0.25, 0.3) is 0 Å². The van der Waals surface area contributed by atoms with Crippen LogP contribution in [0.4, 0.5) is 14.9 Å². The molecule has 1 aliphatic heterocycles. The topological polar surface area (TPSA) is 119 Å². The Morgan fingerprint density at radius 3 is 2.33 bits per heavy atom. The monoisotopic (exact) mass is 542 g/mol. The number of phenols is 1. The molecule has 0 radical (unpaired) electrons. The van der Waals surface area contributed by atoms with E-state index in [9.17, 15) is 24.8 Å². The van der Waals surface area contributed by atoms with Gasteiger partial charge in [0.2, 0.25) is 0 Å². The van der Waals surface area contributed by atoms with E-state index in [4.69, 9.17) is 9.47 Å². The summed E-state index contributed by atoms with van der Waals surface area (Å²) >= 11 is 0. The number of benzene rings is 3. The number of alkyl carbamates (subject to hydrolysis) is 1. The smallest absolute Gasteiger partial charge is 0.407 e. The van der Waals surface area contributed by atoms with Crippen LogP contribution in [0, 0.1) is 28.5 Å². The molecule has 0 saturated carbocycles. The van der Waals surface area contributed by atoms with Crippen LogP contribution in [-0.2, 0) is 4.74 Å². The predicted octanol–water partition coefficient (Wildman–Crippen LogP) is 6.11. The average Bonchev–Trinajstić information content (AvgIpc) is 2.91. The van der Waals surface area contributed by atoms with Crippen molar-refractivity contribution >= 4 is 11.8 Å². The highest BCUT2D eigenvalue weighted by Gasteiger charge is 2.27. The number of hydrogen-bond acceptors (Lipinski definition) is 7. The van der Waals surface area contributed by atoms with E-state index in [-0.39, 0.29) is 17.4 Å². The van der Waals surface area contributed by atoms with Gasteiger partial charge >= 0.3 is 6.09 Å². The second-order valence-electron chi connectivity index (χ2n) is 10.6. The van der Waals surface area contributed by atoms with Crippen LogP contribution < -0.4 is 15.0 Å². The summed E-state index contributed by atoms with van der Waals surface area (Å²) in [5, 5.41) is 32.9. The van der Waals surface area contributed by atoms with Crippen molar-refractivity contribution in [2.24, 2.45) is 0 Å². The first-order valence-electron chi connectivity index (χ1n) is 12.9. The lowest BCUT2D eigenvalue weighted by molar-refractivity contribution is 0.0497. The lowest BCUT2D eigenvalue weighted by Crippen LogP contribution is -2.46. The highest BCUT2D eigenvalue weighted by Crippen LogP contribution is 2.42. The normalized spacial score (nSPS) is 13.7. The molecule has 0 aliphatic carbocycles. The second-order valence-corrected chi connectivity index (χ2v) is 10.6. The molecule has 0 aromatic heterocycles. The van der Waals surface area contributed by atoms with Gasteiger partial charge in [-0.15, -0.1) is 0 Å². The molecule has 0 bridgehead atoms. The molecular formula is C31H31FN4O4.